The summed E-state index contributed by atoms with van der Waals surface area (Å²) >= 11 is 0. The molecule has 4 nitrogen and oxygen atoms in total. The van der Waals surface area contributed by atoms with E-state index in [9.17, 15) is 0 Å². The third-order valence-corrected chi connectivity index (χ3v) is 5.69. The molecular weight excluding hydrogens is 352 g/mol. The molecule has 2 aliphatic heterocycles. The van der Waals surface area contributed by atoms with Crippen LogP contribution >= 0.6 is 0 Å². The third kappa shape index (κ3) is 2.68. The number of ether oxygens (including phenoxy) is 4. The average Bonchev–Trinajstić information content (AvgIpc) is 3.42. The van der Waals surface area contributed by atoms with Gasteiger partial charge in [-0.1, -0.05) is 24.3 Å². The Balaban J connectivity index is 1.79. The fourth-order valence-corrected chi connectivity index (χ4v) is 4.30. The van der Waals surface area contributed by atoms with Gasteiger partial charge in [0.25, 0.3) is 0 Å². The maximum atomic E-state index is 5.87. The molecule has 0 aliphatic carbocycles. The summed E-state index contributed by atoms with van der Waals surface area (Å²) < 4.78 is 22.5. The van der Waals surface area contributed by atoms with Crippen LogP contribution in [0.15, 0.2) is 48.5 Å². The molecule has 0 saturated carbocycles. The molecule has 0 fully saturated rings. The second-order valence-corrected chi connectivity index (χ2v) is 7.11. The average molecular weight is 374 g/mol. The predicted molar refractivity (Wildman–Crippen MR) is 107 cm³/mol. The summed E-state index contributed by atoms with van der Waals surface area (Å²) in [5.41, 5.74) is 9.98. The summed E-state index contributed by atoms with van der Waals surface area (Å²) in [5.74, 6) is 1.71. The molecule has 0 aromatic heterocycles. The number of fused-ring (bicyclic) bond motifs is 3. The van der Waals surface area contributed by atoms with E-state index in [4.69, 9.17) is 18.9 Å². The van der Waals surface area contributed by atoms with E-state index in [0.717, 1.165) is 11.5 Å². The first-order chi connectivity index (χ1) is 13.8. The van der Waals surface area contributed by atoms with Crippen LogP contribution in [0.25, 0.3) is 22.3 Å². The predicted octanol–water partition coefficient (Wildman–Crippen LogP) is 5.10. The van der Waals surface area contributed by atoms with E-state index in [2.05, 4.69) is 24.3 Å². The van der Waals surface area contributed by atoms with Gasteiger partial charge in [-0.3, -0.25) is 0 Å². The van der Waals surface area contributed by atoms with Crippen LogP contribution in [-0.4, -0.2) is 14.2 Å². The molecule has 0 amide bonds. The summed E-state index contributed by atoms with van der Waals surface area (Å²) in [7, 11) is 3.38. The van der Waals surface area contributed by atoms with E-state index in [0.29, 0.717) is 26.4 Å². The first-order valence-electron chi connectivity index (χ1n) is 9.44. The molecule has 4 heteroatoms. The first kappa shape index (κ1) is 17.3. The minimum Gasteiger partial charge on any atom is -0.497 e. The lowest BCUT2D eigenvalue weighted by Gasteiger charge is -2.20. The number of benzene rings is 3. The summed E-state index contributed by atoms with van der Waals surface area (Å²) in [4.78, 5) is 0. The van der Waals surface area contributed by atoms with Crippen molar-refractivity contribution in [2.24, 2.45) is 0 Å². The molecule has 3 aromatic carbocycles. The molecular formula is C24H22O4. The fourth-order valence-electron chi connectivity index (χ4n) is 4.30. The van der Waals surface area contributed by atoms with Crippen molar-refractivity contribution in [3.05, 3.63) is 70.8 Å². The van der Waals surface area contributed by atoms with Gasteiger partial charge >= 0.3 is 0 Å². The molecule has 0 spiro atoms. The van der Waals surface area contributed by atoms with Crippen molar-refractivity contribution in [2.45, 2.75) is 26.4 Å². The molecule has 142 valence electrons. The fraction of sp³-hybridized carbons (Fsp3) is 0.250. The van der Waals surface area contributed by atoms with Crippen LogP contribution in [0, 0.1) is 0 Å². The Morgan fingerprint density at radius 1 is 0.536 bits per heavy atom. The monoisotopic (exact) mass is 374 g/mol. The van der Waals surface area contributed by atoms with Gasteiger partial charge in [0, 0.05) is 0 Å². The van der Waals surface area contributed by atoms with Crippen molar-refractivity contribution in [3.8, 4) is 33.8 Å². The second kappa shape index (κ2) is 6.97. The summed E-state index contributed by atoms with van der Waals surface area (Å²) in [6, 6.07) is 16.6. The molecule has 5 rings (SSSR count). The van der Waals surface area contributed by atoms with Crippen molar-refractivity contribution in [3.63, 3.8) is 0 Å². The molecule has 28 heavy (non-hydrogen) atoms. The Morgan fingerprint density at radius 2 is 0.893 bits per heavy atom. The SMILES string of the molecule is COc1ccc(-c2c3c(c4c(c2-c2ccc(OC)cc2)COC4)COC3)cc1. The minimum atomic E-state index is 0.632. The van der Waals surface area contributed by atoms with Crippen LogP contribution in [0.3, 0.4) is 0 Å². The molecule has 0 N–H and O–H groups in total. The van der Waals surface area contributed by atoms with E-state index in [1.807, 2.05) is 24.3 Å². The van der Waals surface area contributed by atoms with Gasteiger partial charge in [0.15, 0.2) is 0 Å². The zero-order valence-corrected chi connectivity index (χ0v) is 16.1. The van der Waals surface area contributed by atoms with Crippen LogP contribution in [-0.2, 0) is 35.9 Å². The van der Waals surface area contributed by atoms with E-state index in [1.54, 1.807) is 14.2 Å². The topological polar surface area (TPSA) is 36.9 Å². The highest BCUT2D eigenvalue weighted by Gasteiger charge is 2.30. The van der Waals surface area contributed by atoms with Crippen molar-refractivity contribution in [2.75, 3.05) is 14.2 Å². The Hall–Kier alpha value is -2.82. The van der Waals surface area contributed by atoms with Crippen molar-refractivity contribution in [1.82, 2.24) is 0 Å². The lowest BCUT2D eigenvalue weighted by molar-refractivity contribution is 0.126. The maximum Gasteiger partial charge on any atom is 0.118 e. The molecule has 3 aromatic rings. The molecule has 0 bridgehead atoms. The van der Waals surface area contributed by atoms with Crippen molar-refractivity contribution < 1.29 is 18.9 Å². The molecule has 0 unspecified atom stereocenters. The van der Waals surface area contributed by atoms with Crippen LogP contribution in [0.4, 0.5) is 0 Å². The van der Waals surface area contributed by atoms with Crippen LogP contribution in [0.5, 0.6) is 11.5 Å². The quantitative estimate of drug-likeness (QED) is 0.637. The molecule has 0 saturated heterocycles. The first-order valence-corrected chi connectivity index (χ1v) is 9.44. The second-order valence-electron chi connectivity index (χ2n) is 7.11. The van der Waals surface area contributed by atoms with Crippen LogP contribution in [0.1, 0.15) is 22.3 Å². The lowest BCUT2D eigenvalue weighted by Crippen LogP contribution is -2.01. The normalized spacial score (nSPS) is 14.6. The molecule has 0 radical (unpaired) electrons. The van der Waals surface area contributed by atoms with E-state index in [1.165, 1.54) is 44.5 Å². The molecule has 0 atom stereocenters. The number of hydrogen-bond donors (Lipinski definition) is 0. The van der Waals surface area contributed by atoms with Gasteiger partial charge in [0.2, 0.25) is 0 Å². The highest BCUT2D eigenvalue weighted by Crippen LogP contribution is 2.47. The third-order valence-electron chi connectivity index (χ3n) is 5.69. The Kier molecular flexibility index (Phi) is 4.30. The summed E-state index contributed by atoms with van der Waals surface area (Å²) in [6.07, 6.45) is 0. The number of hydrogen-bond acceptors (Lipinski definition) is 4. The zero-order chi connectivity index (χ0) is 19.1. The highest BCUT2D eigenvalue weighted by molar-refractivity contribution is 5.90. The van der Waals surface area contributed by atoms with Crippen LogP contribution in [0.2, 0.25) is 0 Å². The van der Waals surface area contributed by atoms with Gasteiger partial charge in [-0.25, -0.2) is 0 Å². The minimum absolute atomic E-state index is 0.632. The lowest BCUT2D eigenvalue weighted by atomic mass is 9.83. The number of methoxy groups -OCH3 is 2. The van der Waals surface area contributed by atoms with E-state index >= 15 is 0 Å². The smallest absolute Gasteiger partial charge is 0.118 e. The van der Waals surface area contributed by atoms with Gasteiger partial charge < -0.3 is 18.9 Å². The van der Waals surface area contributed by atoms with Gasteiger partial charge in [-0.15, -0.1) is 0 Å². The maximum absolute atomic E-state index is 5.87. The van der Waals surface area contributed by atoms with Gasteiger partial charge in [-0.05, 0) is 68.8 Å². The Bertz CT molecular complexity index is 936. The van der Waals surface area contributed by atoms with Crippen molar-refractivity contribution in [1.29, 1.82) is 0 Å². The highest BCUT2D eigenvalue weighted by atomic mass is 16.5. The van der Waals surface area contributed by atoms with Crippen LogP contribution < -0.4 is 9.47 Å². The van der Waals surface area contributed by atoms with Gasteiger partial charge in [-0.2, -0.15) is 0 Å². The zero-order valence-electron chi connectivity index (χ0n) is 16.1. The van der Waals surface area contributed by atoms with E-state index < -0.39 is 0 Å². The van der Waals surface area contributed by atoms with Gasteiger partial charge in [0.1, 0.15) is 11.5 Å². The van der Waals surface area contributed by atoms with Gasteiger partial charge in [0.05, 0.1) is 40.6 Å². The van der Waals surface area contributed by atoms with E-state index in [-0.39, 0.29) is 0 Å². The molecule has 2 aliphatic rings. The summed E-state index contributed by atoms with van der Waals surface area (Å²) in [6.45, 7) is 2.58. The Morgan fingerprint density at radius 3 is 1.25 bits per heavy atom. The number of rotatable bonds is 4. The molecule has 2 heterocycles. The standard InChI is InChI=1S/C24H22O4/c1-25-17-7-3-15(4-8-17)23-21-13-27-11-19(21)20-12-28-14-22(20)24(23)16-5-9-18(26-2)10-6-16/h3-10H,11-14H2,1-2H3. The van der Waals surface area contributed by atoms with Crippen molar-refractivity contribution >= 4 is 0 Å². The summed E-state index contributed by atoms with van der Waals surface area (Å²) in [5, 5.41) is 0. The largest absolute Gasteiger partial charge is 0.497 e. The Labute approximate surface area is 164 Å².